The highest BCUT2D eigenvalue weighted by atomic mass is 16.6. The van der Waals surface area contributed by atoms with Gasteiger partial charge in [0.05, 0.1) is 24.4 Å². The molecule has 5 atom stereocenters. The van der Waals surface area contributed by atoms with E-state index >= 15 is 0 Å². The molecule has 0 radical (unpaired) electrons. The molecule has 0 fully saturated rings. The molecule has 0 saturated carbocycles. The van der Waals surface area contributed by atoms with Gasteiger partial charge >= 0.3 is 30.1 Å². The maximum Gasteiger partial charge on any atom is 0.407 e. The lowest BCUT2D eigenvalue weighted by Crippen LogP contribution is -2.63. The Morgan fingerprint density at radius 3 is 1.37 bits per heavy atom. The number of carboxylic acids is 2. The number of aliphatic carboxylic acids is 2. The molecule has 0 saturated heterocycles. The summed E-state index contributed by atoms with van der Waals surface area (Å²) < 4.78 is 15.9. The Hall–Kier alpha value is -6.66. The van der Waals surface area contributed by atoms with Crippen LogP contribution in [0.2, 0.25) is 0 Å². The molecule has 18 heteroatoms. The smallest absolute Gasteiger partial charge is 0.407 e. The Morgan fingerprint density at radius 2 is 0.982 bits per heavy atom. The van der Waals surface area contributed by atoms with Gasteiger partial charge in [-0.05, 0) is 36.0 Å². The number of ether oxygens (including phenoxy) is 3. The van der Waals surface area contributed by atoms with Crippen LogP contribution in [-0.2, 0) is 62.2 Å². The van der Waals surface area contributed by atoms with Crippen LogP contribution >= 0.6 is 0 Å². The number of aliphatic hydroxyl groups excluding tert-OH is 2. The number of carboxylic acid groups (broad SMARTS) is 2. The molecule has 0 aliphatic rings. The van der Waals surface area contributed by atoms with Crippen LogP contribution in [0.5, 0.6) is 0 Å². The van der Waals surface area contributed by atoms with Crippen LogP contribution in [-0.4, -0.2) is 119 Å². The molecule has 3 amide bonds. The van der Waals surface area contributed by atoms with E-state index in [1.807, 2.05) is 0 Å². The second-order valence-corrected chi connectivity index (χ2v) is 12.9. The van der Waals surface area contributed by atoms with Crippen molar-refractivity contribution < 1.29 is 73.0 Å². The molecule has 0 aromatic heterocycles. The highest BCUT2D eigenvalue weighted by molar-refractivity contribution is 5.88. The van der Waals surface area contributed by atoms with Crippen molar-refractivity contribution in [3.05, 3.63) is 108 Å². The number of carbonyl (C=O) groups excluding carboxylic acids is 6. The van der Waals surface area contributed by atoms with Crippen LogP contribution in [0.1, 0.15) is 23.1 Å². The third-order valence-electron chi connectivity index (χ3n) is 8.30. The molecule has 5 unspecified atom stereocenters. The van der Waals surface area contributed by atoms with Crippen LogP contribution in [0, 0.1) is 5.92 Å². The molecule has 0 spiro atoms. The standard InChI is InChI=1S/C39H43N3O15/c43-20-29(17-26-12-6-2-7-13-26)40-37(53)56-23-39(42-34(48)32(46)33(47)36(51)52,24-57-38(54)41-30(21-44)18-27-14-8-3-9-15-27)22-55-31(45)19-28(35(49)50)16-25-10-4-1-5-11-25/h1-15,20-21,28-30,32-33,46-47H,16-19,22-24H2,(H,40,53)(H,41,54)(H,42,48)(H,49,50)(H,51,52). The zero-order chi connectivity index (χ0) is 41.8. The van der Waals surface area contributed by atoms with Gasteiger partial charge in [0.2, 0.25) is 0 Å². The first kappa shape index (κ1) is 44.7. The Balaban J connectivity index is 1.89. The van der Waals surface area contributed by atoms with Gasteiger partial charge in [0.1, 0.15) is 37.9 Å². The van der Waals surface area contributed by atoms with E-state index in [1.54, 1.807) is 91.0 Å². The molecule has 0 aliphatic heterocycles. The number of amides is 3. The second-order valence-electron chi connectivity index (χ2n) is 12.9. The van der Waals surface area contributed by atoms with Gasteiger partial charge in [-0.15, -0.1) is 0 Å². The van der Waals surface area contributed by atoms with Crippen molar-refractivity contribution in [2.45, 2.75) is 55.5 Å². The summed E-state index contributed by atoms with van der Waals surface area (Å²) in [5.41, 5.74) is -0.459. The van der Waals surface area contributed by atoms with E-state index in [-0.39, 0.29) is 19.3 Å². The molecule has 3 aromatic rings. The van der Waals surface area contributed by atoms with Crippen molar-refractivity contribution in [1.82, 2.24) is 16.0 Å². The fourth-order valence-electron chi connectivity index (χ4n) is 5.27. The lowest BCUT2D eigenvalue weighted by molar-refractivity contribution is -0.160. The summed E-state index contributed by atoms with van der Waals surface area (Å²) in [6.07, 6.45) is -7.73. The third kappa shape index (κ3) is 15.5. The summed E-state index contributed by atoms with van der Waals surface area (Å²) in [5.74, 6) is -7.41. The van der Waals surface area contributed by atoms with Crippen molar-refractivity contribution >= 4 is 48.6 Å². The summed E-state index contributed by atoms with van der Waals surface area (Å²) in [4.78, 5) is 99.3. The van der Waals surface area contributed by atoms with Crippen LogP contribution in [0.4, 0.5) is 9.59 Å². The zero-order valence-electron chi connectivity index (χ0n) is 30.4. The number of alkyl carbamates (subject to hydrolysis) is 2. The van der Waals surface area contributed by atoms with Gasteiger partial charge in [-0.25, -0.2) is 14.4 Å². The minimum atomic E-state index is -2.68. The zero-order valence-corrected chi connectivity index (χ0v) is 30.4. The first-order chi connectivity index (χ1) is 27.2. The molecule has 3 rings (SSSR count). The summed E-state index contributed by atoms with van der Waals surface area (Å²) >= 11 is 0. The van der Waals surface area contributed by atoms with Crippen LogP contribution in [0.25, 0.3) is 0 Å². The number of rotatable bonds is 23. The molecule has 3 aromatic carbocycles. The summed E-state index contributed by atoms with van der Waals surface area (Å²) in [6.45, 7) is -3.19. The molecular weight excluding hydrogens is 750 g/mol. The average Bonchev–Trinajstić information content (AvgIpc) is 3.21. The van der Waals surface area contributed by atoms with Gasteiger partial charge in [-0.2, -0.15) is 0 Å². The van der Waals surface area contributed by atoms with Crippen LogP contribution in [0.3, 0.4) is 0 Å². The van der Waals surface area contributed by atoms with Gasteiger partial charge in [-0.3, -0.25) is 14.4 Å². The average molecular weight is 794 g/mol. The number of aliphatic hydroxyl groups is 2. The van der Waals surface area contributed by atoms with Crippen molar-refractivity contribution in [1.29, 1.82) is 0 Å². The Labute approximate surface area is 326 Å². The highest BCUT2D eigenvalue weighted by Crippen LogP contribution is 2.17. The number of nitrogens with one attached hydrogen (secondary N) is 3. The fraction of sp³-hybridized carbons (Fsp3) is 0.333. The predicted molar refractivity (Wildman–Crippen MR) is 196 cm³/mol. The number of esters is 1. The fourth-order valence-corrected chi connectivity index (χ4v) is 5.27. The van der Waals surface area contributed by atoms with E-state index in [2.05, 4.69) is 16.0 Å². The molecule has 57 heavy (non-hydrogen) atoms. The van der Waals surface area contributed by atoms with E-state index in [9.17, 15) is 53.7 Å². The number of hydrogen-bond donors (Lipinski definition) is 7. The SMILES string of the molecule is O=CC(Cc1ccccc1)NC(=O)OCC(COC(=O)CC(Cc1ccccc1)C(=O)O)(COC(=O)NC(C=O)Cc1ccccc1)NC(=O)C(O)C(O)C(=O)O. The largest absolute Gasteiger partial charge is 0.481 e. The van der Waals surface area contributed by atoms with E-state index in [1.165, 1.54) is 0 Å². The number of aldehydes is 2. The molecule has 7 N–H and O–H groups in total. The monoisotopic (exact) mass is 793 g/mol. The van der Waals surface area contributed by atoms with Crippen LogP contribution < -0.4 is 16.0 Å². The highest BCUT2D eigenvalue weighted by Gasteiger charge is 2.42. The van der Waals surface area contributed by atoms with Crippen molar-refractivity contribution in [3.8, 4) is 0 Å². The quantitative estimate of drug-likeness (QED) is 0.0393. The molecule has 0 heterocycles. The normalized spacial score (nSPS) is 14.4. The second kappa shape index (κ2) is 22.7. The minimum absolute atomic E-state index is 0.0378. The van der Waals surface area contributed by atoms with Crippen molar-refractivity contribution in [2.75, 3.05) is 19.8 Å². The van der Waals surface area contributed by atoms with Gasteiger partial charge in [-0.1, -0.05) is 91.0 Å². The molecule has 0 aliphatic carbocycles. The maximum atomic E-state index is 13.2. The van der Waals surface area contributed by atoms with Crippen molar-refractivity contribution in [2.24, 2.45) is 5.92 Å². The Bertz CT molecular complexity index is 1740. The Kier molecular flexibility index (Phi) is 17.8. The van der Waals surface area contributed by atoms with Crippen molar-refractivity contribution in [3.63, 3.8) is 0 Å². The van der Waals surface area contributed by atoms with Gasteiger partial charge in [0.25, 0.3) is 5.91 Å². The van der Waals surface area contributed by atoms with Gasteiger partial charge in [0, 0.05) is 0 Å². The minimum Gasteiger partial charge on any atom is -0.481 e. The summed E-state index contributed by atoms with van der Waals surface area (Å²) in [6, 6.07) is 23.2. The van der Waals surface area contributed by atoms with Crippen LogP contribution in [0.15, 0.2) is 91.0 Å². The lowest BCUT2D eigenvalue weighted by Gasteiger charge is -2.34. The summed E-state index contributed by atoms with van der Waals surface area (Å²) in [7, 11) is 0. The topological polar surface area (TPSA) is 281 Å². The lowest BCUT2D eigenvalue weighted by atomic mass is 9.96. The van der Waals surface area contributed by atoms with E-state index in [4.69, 9.17) is 19.3 Å². The predicted octanol–water partition coefficient (Wildman–Crippen LogP) is 0.597. The van der Waals surface area contributed by atoms with E-state index in [0.717, 1.165) is 0 Å². The third-order valence-corrected chi connectivity index (χ3v) is 8.30. The first-order valence-corrected chi connectivity index (χ1v) is 17.4. The molecule has 18 nitrogen and oxygen atoms in total. The van der Waals surface area contributed by atoms with Gasteiger partial charge < -0.3 is 60.2 Å². The van der Waals surface area contributed by atoms with E-state index in [0.29, 0.717) is 29.3 Å². The number of hydrogen-bond acceptors (Lipinski definition) is 13. The number of benzene rings is 3. The molecule has 0 bridgehead atoms. The number of carbonyl (C=O) groups is 8. The first-order valence-electron chi connectivity index (χ1n) is 17.4. The van der Waals surface area contributed by atoms with Gasteiger partial charge in [0.15, 0.2) is 12.2 Å². The molecular formula is C39H43N3O15. The van der Waals surface area contributed by atoms with E-state index < -0.39 is 98.0 Å². The maximum absolute atomic E-state index is 13.2. The molecule has 304 valence electrons. The Morgan fingerprint density at radius 1 is 0.579 bits per heavy atom. The summed E-state index contributed by atoms with van der Waals surface area (Å²) in [5, 5.41) is 45.9.